The summed E-state index contributed by atoms with van der Waals surface area (Å²) in [5, 5.41) is 4.24. The lowest BCUT2D eigenvalue weighted by Crippen LogP contribution is -2.76. The molecule has 1 aromatic rings. The number of nitrogens with zero attached hydrogens (tertiary/aromatic N) is 2. The van der Waals surface area contributed by atoms with E-state index in [0.29, 0.717) is 6.04 Å². The summed E-state index contributed by atoms with van der Waals surface area (Å²) in [7, 11) is 1.62. The maximum atomic E-state index is 4.82. The van der Waals surface area contributed by atoms with Crippen LogP contribution in [0, 0.1) is 0 Å². The van der Waals surface area contributed by atoms with Crippen molar-refractivity contribution < 1.29 is 10.3 Å². The van der Waals surface area contributed by atoms with Crippen LogP contribution in [0.1, 0.15) is 19.9 Å². The van der Waals surface area contributed by atoms with E-state index < -0.39 is 0 Å². The highest BCUT2D eigenvalue weighted by molar-refractivity contribution is 5.11. The lowest BCUT2D eigenvalue weighted by molar-refractivity contribution is -0.832. The maximum Gasteiger partial charge on any atom is 0.275 e. The van der Waals surface area contributed by atoms with Gasteiger partial charge in [-0.05, 0) is 13.8 Å². The molecule has 2 N–H and O–H groups in total. The number of quaternary nitrogens is 1. The van der Waals surface area contributed by atoms with Gasteiger partial charge in [-0.15, -0.1) is 5.10 Å². The van der Waals surface area contributed by atoms with E-state index in [-0.39, 0.29) is 0 Å². The van der Waals surface area contributed by atoms with E-state index in [1.807, 2.05) is 16.9 Å². The fourth-order valence-electron chi connectivity index (χ4n) is 0.824. The van der Waals surface area contributed by atoms with Crippen molar-refractivity contribution in [3.05, 3.63) is 12.3 Å². The number of aromatic nitrogens is 2. The van der Waals surface area contributed by atoms with Crippen molar-refractivity contribution >= 4 is 5.82 Å². The molecule has 0 spiro atoms. The van der Waals surface area contributed by atoms with Crippen molar-refractivity contribution in [3.8, 4) is 0 Å². The van der Waals surface area contributed by atoms with Crippen LogP contribution >= 0.6 is 0 Å². The summed E-state index contributed by atoms with van der Waals surface area (Å²) in [5.41, 5.74) is 1.62. The molecule has 11 heavy (non-hydrogen) atoms. The summed E-state index contributed by atoms with van der Waals surface area (Å²) in [6, 6.07) is 2.33. The van der Waals surface area contributed by atoms with Gasteiger partial charge in [0.05, 0.1) is 7.11 Å². The van der Waals surface area contributed by atoms with Crippen molar-refractivity contribution in [2.24, 2.45) is 0 Å². The molecule has 0 fully saturated rings. The maximum absolute atomic E-state index is 4.82. The molecule has 0 radical (unpaired) electrons. The van der Waals surface area contributed by atoms with Gasteiger partial charge in [-0.25, -0.2) is 4.84 Å². The Labute approximate surface area is 66.1 Å². The first-order valence-electron chi connectivity index (χ1n) is 3.65. The lowest BCUT2D eigenvalue weighted by atomic mass is 10.4. The summed E-state index contributed by atoms with van der Waals surface area (Å²) >= 11 is 0. The topological polar surface area (TPSA) is 43.7 Å². The normalized spacial score (nSPS) is 10.9. The van der Waals surface area contributed by atoms with Gasteiger partial charge in [0, 0.05) is 18.3 Å². The quantitative estimate of drug-likeness (QED) is 0.636. The van der Waals surface area contributed by atoms with Gasteiger partial charge in [-0.2, -0.15) is 5.48 Å². The van der Waals surface area contributed by atoms with E-state index in [0.717, 1.165) is 5.82 Å². The summed E-state index contributed by atoms with van der Waals surface area (Å²) in [5.74, 6) is 0.862. The average Bonchev–Trinajstić information content (AvgIpc) is 2.37. The lowest BCUT2D eigenvalue weighted by Gasteiger charge is -2.01. The summed E-state index contributed by atoms with van der Waals surface area (Å²) in [4.78, 5) is 4.82. The Bertz CT molecular complexity index is 219. The van der Waals surface area contributed by atoms with Gasteiger partial charge in [0.15, 0.2) is 0 Å². The Morgan fingerprint density at radius 1 is 1.64 bits per heavy atom. The molecule has 0 aliphatic heterocycles. The van der Waals surface area contributed by atoms with E-state index >= 15 is 0 Å². The number of nitrogens with two attached hydrogens (primary N) is 1. The Hall–Kier alpha value is -0.870. The van der Waals surface area contributed by atoms with Crippen LogP contribution in [0.4, 0.5) is 5.82 Å². The molecule has 0 bridgehead atoms. The molecule has 0 unspecified atom stereocenters. The van der Waals surface area contributed by atoms with Crippen molar-refractivity contribution in [2.75, 3.05) is 7.11 Å². The molecule has 0 atom stereocenters. The third kappa shape index (κ3) is 2.03. The fourth-order valence-corrected chi connectivity index (χ4v) is 0.824. The van der Waals surface area contributed by atoms with Crippen molar-refractivity contribution in [1.29, 1.82) is 0 Å². The zero-order valence-electron chi connectivity index (χ0n) is 7.11. The Kier molecular flexibility index (Phi) is 2.62. The van der Waals surface area contributed by atoms with Crippen LogP contribution in [0.2, 0.25) is 0 Å². The van der Waals surface area contributed by atoms with Gasteiger partial charge >= 0.3 is 0 Å². The van der Waals surface area contributed by atoms with Gasteiger partial charge in [0.25, 0.3) is 5.82 Å². The third-order valence-corrected chi connectivity index (χ3v) is 1.40. The SMILES string of the molecule is CO[NH2+]c1ccn(C(C)C)n1. The molecule has 0 saturated carbocycles. The molecule has 62 valence electrons. The molecule has 0 aliphatic carbocycles. The van der Waals surface area contributed by atoms with Crippen LogP contribution in [0.3, 0.4) is 0 Å². The van der Waals surface area contributed by atoms with Gasteiger partial charge < -0.3 is 0 Å². The predicted molar refractivity (Wildman–Crippen MR) is 41.2 cm³/mol. The van der Waals surface area contributed by atoms with Crippen LogP contribution in [-0.2, 0) is 4.84 Å². The smallest absolute Gasteiger partial charge is 0.265 e. The predicted octanol–water partition coefficient (Wildman–Crippen LogP) is 0.220. The van der Waals surface area contributed by atoms with E-state index in [2.05, 4.69) is 18.9 Å². The number of rotatable bonds is 3. The van der Waals surface area contributed by atoms with E-state index in [9.17, 15) is 0 Å². The molecule has 1 heterocycles. The van der Waals surface area contributed by atoms with Gasteiger partial charge in [0.1, 0.15) is 0 Å². The Morgan fingerprint density at radius 2 is 2.36 bits per heavy atom. The minimum absolute atomic E-state index is 0.411. The van der Waals surface area contributed by atoms with Crippen LogP contribution in [0.5, 0.6) is 0 Å². The summed E-state index contributed by atoms with van der Waals surface area (Å²) in [6.45, 7) is 4.17. The molecular weight excluding hydrogens is 142 g/mol. The second kappa shape index (κ2) is 3.50. The minimum Gasteiger partial charge on any atom is -0.265 e. The van der Waals surface area contributed by atoms with Crippen LogP contribution in [0.25, 0.3) is 0 Å². The first-order chi connectivity index (χ1) is 5.24. The van der Waals surface area contributed by atoms with E-state index in [1.165, 1.54) is 0 Å². The second-order valence-corrected chi connectivity index (χ2v) is 2.67. The average molecular weight is 156 g/mol. The first kappa shape index (κ1) is 8.23. The van der Waals surface area contributed by atoms with Gasteiger partial charge in [-0.3, -0.25) is 4.68 Å². The van der Waals surface area contributed by atoms with E-state index in [4.69, 9.17) is 4.84 Å². The van der Waals surface area contributed by atoms with Crippen molar-refractivity contribution in [1.82, 2.24) is 9.78 Å². The van der Waals surface area contributed by atoms with Gasteiger partial charge in [0.2, 0.25) is 0 Å². The largest absolute Gasteiger partial charge is 0.275 e. The Morgan fingerprint density at radius 3 is 2.82 bits per heavy atom. The van der Waals surface area contributed by atoms with Crippen LogP contribution in [-0.4, -0.2) is 16.9 Å². The first-order valence-corrected chi connectivity index (χ1v) is 3.65. The minimum atomic E-state index is 0.411. The zero-order valence-corrected chi connectivity index (χ0v) is 7.11. The molecular formula is C7H14N3O+. The molecule has 0 aliphatic rings. The molecule has 4 nitrogen and oxygen atoms in total. The molecule has 0 amide bonds. The molecule has 0 saturated heterocycles. The highest BCUT2D eigenvalue weighted by Crippen LogP contribution is 2.03. The summed E-state index contributed by atoms with van der Waals surface area (Å²) in [6.07, 6.45) is 1.94. The number of hydrogen-bond donors (Lipinski definition) is 1. The fraction of sp³-hybridized carbons (Fsp3) is 0.571. The van der Waals surface area contributed by atoms with Gasteiger partial charge in [-0.1, -0.05) is 0 Å². The van der Waals surface area contributed by atoms with Crippen molar-refractivity contribution in [3.63, 3.8) is 0 Å². The molecule has 1 aromatic heterocycles. The van der Waals surface area contributed by atoms with Crippen LogP contribution < -0.4 is 5.48 Å². The molecule has 4 heteroatoms. The number of hydrogen-bond acceptors (Lipinski definition) is 2. The standard InChI is InChI=1S/C7H13N3O/c1-6(2)10-5-4-7(8-10)9-11-3/h4-6H,1-3H3,(H,8,9)/p+1. The Balaban J connectivity index is 2.66. The third-order valence-electron chi connectivity index (χ3n) is 1.40. The highest BCUT2D eigenvalue weighted by atomic mass is 16.6. The summed E-state index contributed by atoms with van der Waals surface area (Å²) < 4.78 is 1.89. The van der Waals surface area contributed by atoms with Crippen molar-refractivity contribution in [2.45, 2.75) is 19.9 Å². The van der Waals surface area contributed by atoms with E-state index in [1.54, 1.807) is 12.6 Å². The molecule has 1 rings (SSSR count). The molecule has 0 aromatic carbocycles. The van der Waals surface area contributed by atoms with Crippen LogP contribution in [0.15, 0.2) is 12.3 Å². The monoisotopic (exact) mass is 156 g/mol. The zero-order chi connectivity index (χ0) is 8.27. The highest BCUT2D eigenvalue weighted by Gasteiger charge is 2.03. The second-order valence-electron chi connectivity index (χ2n) is 2.67.